The Morgan fingerprint density at radius 1 is 0.900 bits per heavy atom. The number of hydrogen-bond acceptors (Lipinski definition) is 2. The fourth-order valence-electron chi connectivity index (χ4n) is 2.69. The minimum absolute atomic E-state index is 0.767. The summed E-state index contributed by atoms with van der Waals surface area (Å²) in [7, 11) is 0. The average Bonchev–Trinajstić information content (AvgIpc) is 2.92. The first-order chi connectivity index (χ1) is 9.81. The predicted octanol–water partition coefficient (Wildman–Crippen LogP) is 4.40. The standard InChI is InChI=1S/C17H13ClN2/c18-14-5-7-15(8-6-14)20-11-17-16-4-2-1-3-13(16)9-10-19(17)12-20/h1-11H,12H2. The molecule has 98 valence electrons. The number of rotatable bonds is 1. The number of anilines is 1. The van der Waals surface area contributed by atoms with Crippen molar-refractivity contribution in [1.29, 1.82) is 0 Å². The molecule has 0 unspecified atom stereocenters. The van der Waals surface area contributed by atoms with Gasteiger partial charge in [0.05, 0.1) is 12.4 Å². The van der Waals surface area contributed by atoms with Crippen LogP contribution >= 0.6 is 11.6 Å². The minimum Gasteiger partial charge on any atom is -0.328 e. The van der Waals surface area contributed by atoms with E-state index in [4.69, 9.17) is 11.6 Å². The third-order valence-corrected chi connectivity index (χ3v) is 3.97. The van der Waals surface area contributed by atoms with Crippen LogP contribution in [-0.4, -0.2) is 11.6 Å². The van der Waals surface area contributed by atoms with E-state index >= 15 is 0 Å². The highest BCUT2D eigenvalue weighted by atomic mass is 35.5. The monoisotopic (exact) mass is 280 g/mol. The molecular formula is C17H13ClN2. The zero-order valence-corrected chi connectivity index (χ0v) is 11.6. The number of nitrogens with zero attached hydrogens (tertiary/aromatic N) is 2. The highest BCUT2D eigenvalue weighted by Crippen LogP contribution is 2.35. The van der Waals surface area contributed by atoms with Crippen LogP contribution < -0.4 is 4.90 Å². The minimum atomic E-state index is 0.767. The highest BCUT2D eigenvalue weighted by molar-refractivity contribution is 6.30. The lowest BCUT2D eigenvalue weighted by molar-refractivity contribution is 0.569. The van der Waals surface area contributed by atoms with E-state index in [1.165, 1.54) is 16.8 Å². The van der Waals surface area contributed by atoms with Crippen LogP contribution in [0.15, 0.2) is 60.9 Å². The second-order valence-corrected chi connectivity index (χ2v) is 5.41. The van der Waals surface area contributed by atoms with Gasteiger partial charge in [0.15, 0.2) is 0 Å². The van der Waals surface area contributed by atoms with Gasteiger partial charge in [0.2, 0.25) is 0 Å². The van der Waals surface area contributed by atoms with Gasteiger partial charge in [0.25, 0.3) is 0 Å². The number of halogens is 1. The molecule has 0 aromatic heterocycles. The molecule has 0 spiro atoms. The maximum Gasteiger partial charge on any atom is 0.0989 e. The van der Waals surface area contributed by atoms with Crippen molar-refractivity contribution >= 4 is 29.1 Å². The predicted molar refractivity (Wildman–Crippen MR) is 84.1 cm³/mol. The van der Waals surface area contributed by atoms with Crippen molar-refractivity contribution < 1.29 is 0 Å². The molecule has 2 heterocycles. The SMILES string of the molecule is Clc1ccc(N2C=C3c4ccccc4C=CN3C2)cc1. The van der Waals surface area contributed by atoms with Gasteiger partial charge < -0.3 is 9.80 Å². The second-order valence-electron chi connectivity index (χ2n) is 4.97. The van der Waals surface area contributed by atoms with E-state index in [9.17, 15) is 0 Å². The van der Waals surface area contributed by atoms with E-state index in [1.807, 2.05) is 24.3 Å². The van der Waals surface area contributed by atoms with Crippen molar-refractivity contribution in [3.63, 3.8) is 0 Å². The molecule has 4 rings (SSSR count). The number of hydrogen-bond donors (Lipinski definition) is 0. The van der Waals surface area contributed by atoms with Gasteiger partial charge in [-0.1, -0.05) is 35.9 Å². The van der Waals surface area contributed by atoms with Crippen LogP contribution in [0.4, 0.5) is 5.69 Å². The average molecular weight is 281 g/mol. The van der Waals surface area contributed by atoms with Crippen LogP contribution in [0.2, 0.25) is 5.02 Å². The van der Waals surface area contributed by atoms with Crippen LogP contribution in [0.25, 0.3) is 11.8 Å². The summed E-state index contributed by atoms with van der Waals surface area (Å²) in [5.74, 6) is 0. The summed E-state index contributed by atoms with van der Waals surface area (Å²) in [6.45, 7) is 0.835. The van der Waals surface area contributed by atoms with Crippen LogP contribution in [-0.2, 0) is 0 Å². The van der Waals surface area contributed by atoms with Gasteiger partial charge in [0, 0.05) is 28.7 Å². The first-order valence-electron chi connectivity index (χ1n) is 6.59. The lowest BCUT2D eigenvalue weighted by Gasteiger charge is -2.24. The summed E-state index contributed by atoms with van der Waals surface area (Å²) in [6.07, 6.45) is 6.51. The molecule has 0 amide bonds. The molecule has 0 atom stereocenters. The molecular weight excluding hydrogens is 268 g/mol. The summed E-state index contributed by atoms with van der Waals surface area (Å²) < 4.78 is 0. The molecule has 2 aliphatic heterocycles. The van der Waals surface area contributed by atoms with Crippen molar-refractivity contribution in [3.05, 3.63) is 77.1 Å². The topological polar surface area (TPSA) is 6.48 Å². The summed E-state index contributed by atoms with van der Waals surface area (Å²) in [5.41, 5.74) is 4.96. The van der Waals surface area contributed by atoms with Gasteiger partial charge >= 0.3 is 0 Å². The quantitative estimate of drug-likeness (QED) is 0.764. The molecule has 0 saturated heterocycles. The maximum absolute atomic E-state index is 5.95. The summed E-state index contributed by atoms with van der Waals surface area (Å²) >= 11 is 5.95. The third-order valence-electron chi connectivity index (χ3n) is 3.72. The van der Waals surface area contributed by atoms with E-state index in [1.54, 1.807) is 0 Å². The third kappa shape index (κ3) is 1.81. The smallest absolute Gasteiger partial charge is 0.0989 e. The summed E-state index contributed by atoms with van der Waals surface area (Å²) in [6, 6.07) is 16.4. The Bertz CT molecular complexity index is 716. The number of benzene rings is 2. The normalized spacial score (nSPS) is 15.9. The van der Waals surface area contributed by atoms with Crippen molar-refractivity contribution in [3.8, 4) is 0 Å². The molecule has 2 aromatic carbocycles. The van der Waals surface area contributed by atoms with Gasteiger partial charge in [-0.25, -0.2) is 0 Å². The van der Waals surface area contributed by atoms with Crippen molar-refractivity contribution in [2.45, 2.75) is 0 Å². The summed E-state index contributed by atoms with van der Waals surface area (Å²) in [4.78, 5) is 4.50. The van der Waals surface area contributed by atoms with Gasteiger partial charge in [-0.05, 0) is 35.9 Å². The van der Waals surface area contributed by atoms with Crippen LogP contribution in [0.1, 0.15) is 11.1 Å². The van der Waals surface area contributed by atoms with E-state index < -0.39 is 0 Å². The van der Waals surface area contributed by atoms with Gasteiger partial charge in [-0.2, -0.15) is 0 Å². The molecule has 0 saturated carbocycles. The molecule has 2 nitrogen and oxygen atoms in total. The summed E-state index contributed by atoms with van der Waals surface area (Å²) in [5, 5.41) is 0.767. The van der Waals surface area contributed by atoms with Gasteiger partial charge in [-0.15, -0.1) is 0 Å². The molecule has 0 fully saturated rings. The van der Waals surface area contributed by atoms with E-state index in [2.05, 4.69) is 52.5 Å². The lowest BCUT2D eigenvalue weighted by Crippen LogP contribution is -2.23. The molecule has 0 radical (unpaired) electrons. The molecule has 3 heteroatoms. The fraction of sp³-hybridized carbons (Fsp3) is 0.0588. The van der Waals surface area contributed by atoms with Crippen LogP contribution in [0.3, 0.4) is 0 Å². The van der Waals surface area contributed by atoms with Crippen molar-refractivity contribution in [1.82, 2.24) is 4.90 Å². The lowest BCUT2D eigenvalue weighted by atomic mass is 10.0. The fourth-order valence-corrected chi connectivity index (χ4v) is 2.82. The molecule has 0 aliphatic carbocycles. The van der Waals surface area contributed by atoms with Crippen LogP contribution in [0, 0.1) is 0 Å². The largest absolute Gasteiger partial charge is 0.328 e. The van der Waals surface area contributed by atoms with E-state index in [0.29, 0.717) is 0 Å². The Morgan fingerprint density at radius 3 is 2.55 bits per heavy atom. The van der Waals surface area contributed by atoms with Gasteiger partial charge in [-0.3, -0.25) is 0 Å². The number of fused-ring (bicyclic) bond motifs is 3. The first kappa shape index (κ1) is 11.6. The Balaban J connectivity index is 1.74. The Hall–Kier alpha value is -2.19. The molecule has 0 bridgehead atoms. The van der Waals surface area contributed by atoms with E-state index in [0.717, 1.165) is 17.4 Å². The molecule has 0 N–H and O–H groups in total. The molecule has 2 aliphatic rings. The Morgan fingerprint density at radius 2 is 1.70 bits per heavy atom. The zero-order chi connectivity index (χ0) is 13.5. The second kappa shape index (κ2) is 4.43. The molecule has 2 aromatic rings. The molecule has 20 heavy (non-hydrogen) atoms. The Labute approximate surface area is 123 Å². The van der Waals surface area contributed by atoms with Gasteiger partial charge in [0.1, 0.15) is 0 Å². The van der Waals surface area contributed by atoms with Crippen LogP contribution in [0.5, 0.6) is 0 Å². The van der Waals surface area contributed by atoms with E-state index in [-0.39, 0.29) is 0 Å². The van der Waals surface area contributed by atoms with Crippen molar-refractivity contribution in [2.75, 3.05) is 11.6 Å². The van der Waals surface area contributed by atoms with Crippen molar-refractivity contribution in [2.24, 2.45) is 0 Å². The maximum atomic E-state index is 5.95. The Kier molecular flexibility index (Phi) is 2.57. The highest BCUT2D eigenvalue weighted by Gasteiger charge is 2.24. The first-order valence-corrected chi connectivity index (χ1v) is 6.97. The zero-order valence-electron chi connectivity index (χ0n) is 10.8.